The molecule has 5 nitrogen and oxygen atoms in total. The second kappa shape index (κ2) is 5.07. The second-order valence-electron chi connectivity index (χ2n) is 5.07. The fourth-order valence-electron chi connectivity index (χ4n) is 2.47. The molecule has 1 saturated carbocycles. The molecule has 2 aromatic rings. The molecule has 5 heteroatoms. The van der Waals surface area contributed by atoms with Gasteiger partial charge in [0.25, 0.3) is 0 Å². The monoisotopic (exact) mass is 273 g/mol. The Morgan fingerprint density at radius 1 is 1.30 bits per heavy atom. The molecule has 0 saturated heterocycles. The van der Waals surface area contributed by atoms with Crippen molar-refractivity contribution in [3.05, 3.63) is 34.2 Å². The van der Waals surface area contributed by atoms with E-state index in [1.807, 2.05) is 6.92 Å². The van der Waals surface area contributed by atoms with Crippen molar-refractivity contribution in [1.29, 1.82) is 0 Å². The molecule has 20 heavy (non-hydrogen) atoms. The molecule has 0 N–H and O–H groups in total. The van der Waals surface area contributed by atoms with Crippen molar-refractivity contribution in [3.8, 4) is 5.88 Å². The van der Waals surface area contributed by atoms with Crippen LogP contribution in [0.15, 0.2) is 27.4 Å². The Kier molecular flexibility index (Phi) is 3.26. The van der Waals surface area contributed by atoms with Crippen LogP contribution in [0.25, 0.3) is 11.1 Å². The Bertz CT molecular complexity index is 719. The summed E-state index contributed by atoms with van der Waals surface area (Å²) >= 11 is 0. The van der Waals surface area contributed by atoms with Gasteiger partial charge in [0.1, 0.15) is 0 Å². The third-order valence-electron chi connectivity index (χ3n) is 3.55. The molecule has 1 atom stereocenters. The first-order valence-electron chi connectivity index (χ1n) is 6.74. The fraction of sp³-hybridized carbons (Fsp3) is 0.400. The smallest absolute Gasteiger partial charge is 0.337 e. The van der Waals surface area contributed by atoms with E-state index in [9.17, 15) is 9.59 Å². The minimum Gasteiger partial charge on any atom is -0.466 e. The highest BCUT2D eigenvalue weighted by Gasteiger charge is 2.24. The predicted molar refractivity (Wildman–Crippen MR) is 72.9 cm³/mol. The molecule has 0 bridgehead atoms. The average molecular weight is 273 g/mol. The lowest BCUT2D eigenvalue weighted by Gasteiger charge is -2.21. The lowest BCUT2D eigenvalue weighted by atomic mass is 9.96. The molecule has 0 amide bonds. The maximum absolute atomic E-state index is 11.7. The molecule has 2 heterocycles. The standard InChI is InChI=1S/C15H15NO4/c1-9-8-14(18)20-15-10(9)6-7-13(16-15)19-12-5-3-2-4-11(12)17/h6-8,12H,2-5H2,1H3. The van der Waals surface area contributed by atoms with Gasteiger partial charge in [0.15, 0.2) is 11.9 Å². The zero-order chi connectivity index (χ0) is 14.1. The number of carbonyl (C=O) groups excluding carboxylic acids is 1. The Labute approximate surface area is 115 Å². The van der Waals surface area contributed by atoms with Gasteiger partial charge in [-0.25, -0.2) is 4.79 Å². The van der Waals surface area contributed by atoms with E-state index < -0.39 is 11.7 Å². The number of nitrogens with zero attached hydrogens (tertiary/aromatic N) is 1. The molecule has 0 radical (unpaired) electrons. The normalized spacial score (nSPS) is 19.2. The Morgan fingerprint density at radius 2 is 2.15 bits per heavy atom. The first kappa shape index (κ1) is 12.8. The number of pyridine rings is 1. The van der Waals surface area contributed by atoms with Gasteiger partial charge in [-0.05, 0) is 37.8 Å². The third kappa shape index (κ3) is 2.43. The molecule has 1 fully saturated rings. The van der Waals surface area contributed by atoms with Crippen molar-refractivity contribution in [2.24, 2.45) is 0 Å². The van der Waals surface area contributed by atoms with E-state index in [-0.39, 0.29) is 11.5 Å². The van der Waals surface area contributed by atoms with Gasteiger partial charge in [0.2, 0.25) is 11.6 Å². The van der Waals surface area contributed by atoms with E-state index in [0.717, 1.165) is 30.2 Å². The Morgan fingerprint density at radius 3 is 2.95 bits per heavy atom. The molecule has 0 spiro atoms. The first-order valence-corrected chi connectivity index (χ1v) is 6.74. The molecule has 1 aliphatic rings. The van der Waals surface area contributed by atoms with Crippen LogP contribution < -0.4 is 10.4 Å². The molecule has 1 aliphatic carbocycles. The van der Waals surface area contributed by atoms with Crippen molar-refractivity contribution in [2.45, 2.75) is 38.7 Å². The molecule has 104 valence electrons. The van der Waals surface area contributed by atoms with Gasteiger partial charge in [-0.15, -0.1) is 0 Å². The topological polar surface area (TPSA) is 69.4 Å². The van der Waals surface area contributed by atoms with Crippen molar-refractivity contribution < 1.29 is 13.9 Å². The summed E-state index contributed by atoms with van der Waals surface area (Å²) in [6.45, 7) is 1.83. The van der Waals surface area contributed by atoms with E-state index in [2.05, 4.69) is 4.98 Å². The number of rotatable bonds is 2. The molecule has 3 rings (SSSR count). The van der Waals surface area contributed by atoms with Crippen molar-refractivity contribution in [3.63, 3.8) is 0 Å². The van der Waals surface area contributed by atoms with Crippen molar-refractivity contribution in [2.75, 3.05) is 0 Å². The van der Waals surface area contributed by atoms with Crippen LogP contribution in [0.4, 0.5) is 0 Å². The lowest BCUT2D eigenvalue weighted by Crippen LogP contribution is -2.30. The largest absolute Gasteiger partial charge is 0.466 e. The Hall–Kier alpha value is -2.17. The molecular formula is C15H15NO4. The maximum atomic E-state index is 11.7. The predicted octanol–water partition coefficient (Wildman–Crippen LogP) is 2.39. The molecule has 0 aliphatic heterocycles. The van der Waals surface area contributed by atoms with Crippen molar-refractivity contribution in [1.82, 2.24) is 4.98 Å². The van der Waals surface area contributed by atoms with Gasteiger partial charge in [-0.2, -0.15) is 4.98 Å². The van der Waals surface area contributed by atoms with E-state index >= 15 is 0 Å². The van der Waals surface area contributed by atoms with Crippen molar-refractivity contribution >= 4 is 16.9 Å². The van der Waals surface area contributed by atoms with Gasteiger partial charge in [-0.1, -0.05) is 0 Å². The quantitative estimate of drug-likeness (QED) is 0.840. The SMILES string of the molecule is Cc1cc(=O)oc2nc(OC3CCCCC3=O)ccc12. The second-order valence-corrected chi connectivity index (χ2v) is 5.07. The van der Waals surface area contributed by atoms with Crippen LogP contribution in [-0.2, 0) is 4.79 Å². The summed E-state index contributed by atoms with van der Waals surface area (Å²) in [5.41, 5.74) is 0.619. The molecular weight excluding hydrogens is 258 g/mol. The third-order valence-corrected chi connectivity index (χ3v) is 3.55. The number of aromatic nitrogens is 1. The summed E-state index contributed by atoms with van der Waals surface area (Å²) in [5.74, 6) is 0.440. The number of hydrogen-bond donors (Lipinski definition) is 0. The molecule has 2 aromatic heterocycles. The van der Waals surface area contributed by atoms with E-state index in [4.69, 9.17) is 9.15 Å². The van der Waals surface area contributed by atoms with Gasteiger partial charge < -0.3 is 9.15 Å². The zero-order valence-corrected chi connectivity index (χ0v) is 11.2. The number of carbonyl (C=O) groups is 1. The van der Waals surface area contributed by atoms with Gasteiger partial charge in [-0.3, -0.25) is 4.79 Å². The number of Topliss-reactive ketones (excluding diaryl/α,β-unsaturated/α-hetero) is 1. The average Bonchev–Trinajstić information content (AvgIpc) is 2.41. The minimum atomic E-state index is -0.437. The van der Waals surface area contributed by atoms with E-state index in [0.29, 0.717) is 12.3 Å². The summed E-state index contributed by atoms with van der Waals surface area (Å²) in [4.78, 5) is 27.3. The Balaban J connectivity index is 1.92. The molecule has 0 aromatic carbocycles. The minimum absolute atomic E-state index is 0.115. The number of ketones is 1. The van der Waals surface area contributed by atoms with Crippen LogP contribution in [0.2, 0.25) is 0 Å². The van der Waals surface area contributed by atoms with Crippen LogP contribution >= 0.6 is 0 Å². The number of fused-ring (bicyclic) bond motifs is 1. The summed E-state index contributed by atoms with van der Waals surface area (Å²) in [6.07, 6.45) is 2.77. The number of hydrogen-bond acceptors (Lipinski definition) is 5. The zero-order valence-electron chi connectivity index (χ0n) is 11.2. The summed E-state index contributed by atoms with van der Waals surface area (Å²) in [7, 11) is 0. The van der Waals surface area contributed by atoms with Gasteiger partial charge in [0.05, 0.1) is 0 Å². The van der Waals surface area contributed by atoms with E-state index in [1.54, 1.807) is 12.1 Å². The highest BCUT2D eigenvalue weighted by atomic mass is 16.5. The highest BCUT2D eigenvalue weighted by molar-refractivity contribution is 5.84. The lowest BCUT2D eigenvalue weighted by molar-refractivity contribution is -0.127. The summed E-state index contributed by atoms with van der Waals surface area (Å²) in [5, 5.41) is 0.770. The van der Waals surface area contributed by atoms with Crippen LogP contribution in [0.5, 0.6) is 5.88 Å². The highest BCUT2D eigenvalue weighted by Crippen LogP contribution is 2.22. The van der Waals surface area contributed by atoms with E-state index in [1.165, 1.54) is 6.07 Å². The fourth-order valence-corrected chi connectivity index (χ4v) is 2.47. The van der Waals surface area contributed by atoms with Gasteiger partial charge in [0, 0.05) is 23.9 Å². The number of aryl methyl sites for hydroxylation is 1. The number of ether oxygens (including phenoxy) is 1. The summed E-state index contributed by atoms with van der Waals surface area (Å²) < 4.78 is 10.7. The maximum Gasteiger partial charge on any atom is 0.337 e. The summed E-state index contributed by atoms with van der Waals surface area (Å²) in [6, 6.07) is 4.93. The van der Waals surface area contributed by atoms with Crippen LogP contribution in [0, 0.1) is 6.92 Å². The first-order chi connectivity index (χ1) is 9.63. The van der Waals surface area contributed by atoms with Crippen LogP contribution in [0.3, 0.4) is 0 Å². The molecule has 1 unspecified atom stereocenters. The van der Waals surface area contributed by atoms with Crippen LogP contribution in [-0.4, -0.2) is 16.9 Å². The van der Waals surface area contributed by atoms with Gasteiger partial charge >= 0.3 is 5.63 Å². The van der Waals surface area contributed by atoms with Crippen LogP contribution in [0.1, 0.15) is 31.2 Å².